The fourth-order valence-electron chi connectivity index (χ4n) is 3.31. The van der Waals surface area contributed by atoms with Crippen molar-refractivity contribution in [3.63, 3.8) is 0 Å². The van der Waals surface area contributed by atoms with Crippen LogP contribution >= 0.6 is 0 Å². The Morgan fingerprint density at radius 2 is 1.87 bits per heavy atom. The Kier molecular flexibility index (Phi) is 5.48. The van der Waals surface area contributed by atoms with Gasteiger partial charge in [0.25, 0.3) is 5.91 Å². The molecular weight excluding hydrogens is 378 g/mol. The SMILES string of the molecule is Cc1cccc(-c2noc(CN(C)C(=O)[C@H](C)Oc3ccc4ccccc4c3)n2)c1. The van der Waals surface area contributed by atoms with E-state index < -0.39 is 6.10 Å². The van der Waals surface area contributed by atoms with Crippen molar-refractivity contribution < 1.29 is 14.1 Å². The van der Waals surface area contributed by atoms with Crippen LogP contribution in [0.1, 0.15) is 18.4 Å². The number of hydrogen-bond donors (Lipinski definition) is 0. The summed E-state index contributed by atoms with van der Waals surface area (Å²) in [6.45, 7) is 3.96. The van der Waals surface area contributed by atoms with E-state index >= 15 is 0 Å². The number of rotatable bonds is 6. The standard InChI is InChI=1S/C24H23N3O3/c1-16-7-6-10-20(13-16)23-25-22(30-26-23)15-27(3)24(28)17(2)29-21-12-11-18-8-4-5-9-19(18)14-21/h4-14,17H,15H2,1-3H3/t17-/m0/s1. The van der Waals surface area contributed by atoms with Gasteiger partial charge in [0.1, 0.15) is 5.75 Å². The summed E-state index contributed by atoms with van der Waals surface area (Å²) < 4.78 is 11.2. The molecule has 30 heavy (non-hydrogen) atoms. The number of amides is 1. The van der Waals surface area contributed by atoms with E-state index in [9.17, 15) is 4.79 Å². The molecule has 3 aromatic carbocycles. The van der Waals surface area contributed by atoms with E-state index in [1.165, 1.54) is 4.90 Å². The number of likely N-dealkylation sites (N-methyl/N-ethyl adjacent to an activating group) is 1. The highest BCUT2D eigenvalue weighted by Gasteiger charge is 2.21. The summed E-state index contributed by atoms with van der Waals surface area (Å²) in [7, 11) is 1.69. The Hall–Kier alpha value is -3.67. The number of benzene rings is 3. The minimum atomic E-state index is -0.643. The fraction of sp³-hybridized carbons (Fsp3) is 0.208. The van der Waals surface area contributed by atoms with Crippen molar-refractivity contribution in [3.8, 4) is 17.1 Å². The second-order valence-corrected chi connectivity index (χ2v) is 7.34. The molecule has 0 aliphatic heterocycles. The highest BCUT2D eigenvalue weighted by molar-refractivity contribution is 5.84. The van der Waals surface area contributed by atoms with Gasteiger partial charge < -0.3 is 14.2 Å². The topological polar surface area (TPSA) is 68.5 Å². The molecule has 1 atom stereocenters. The van der Waals surface area contributed by atoms with E-state index in [2.05, 4.69) is 10.1 Å². The molecule has 152 valence electrons. The first-order chi connectivity index (χ1) is 14.5. The molecule has 6 nitrogen and oxygen atoms in total. The molecule has 6 heteroatoms. The lowest BCUT2D eigenvalue weighted by Gasteiger charge is -2.21. The van der Waals surface area contributed by atoms with Crippen molar-refractivity contribution in [3.05, 3.63) is 78.2 Å². The van der Waals surface area contributed by atoms with E-state index in [-0.39, 0.29) is 12.5 Å². The third-order valence-corrected chi connectivity index (χ3v) is 4.87. The maximum Gasteiger partial charge on any atom is 0.263 e. The van der Waals surface area contributed by atoms with Crippen LogP contribution in [0, 0.1) is 6.92 Å². The summed E-state index contributed by atoms with van der Waals surface area (Å²) in [5.41, 5.74) is 2.00. The largest absolute Gasteiger partial charge is 0.481 e. The van der Waals surface area contributed by atoms with Crippen LogP contribution in [0.5, 0.6) is 5.75 Å². The van der Waals surface area contributed by atoms with Gasteiger partial charge in [0, 0.05) is 12.6 Å². The predicted octanol–water partition coefficient (Wildman–Crippen LogP) is 4.62. The van der Waals surface area contributed by atoms with Gasteiger partial charge in [-0.1, -0.05) is 59.3 Å². The molecule has 0 saturated carbocycles. The molecule has 1 amide bonds. The van der Waals surface area contributed by atoms with Crippen molar-refractivity contribution in [1.82, 2.24) is 15.0 Å². The van der Waals surface area contributed by atoms with Crippen LogP contribution in [0.2, 0.25) is 0 Å². The zero-order valence-corrected chi connectivity index (χ0v) is 17.2. The van der Waals surface area contributed by atoms with Crippen molar-refractivity contribution in [2.45, 2.75) is 26.5 Å². The average Bonchev–Trinajstić information content (AvgIpc) is 3.21. The van der Waals surface area contributed by atoms with Gasteiger partial charge >= 0.3 is 0 Å². The van der Waals surface area contributed by atoms with Crippen LogP contribution < -0.4 is 4.74 Å². The van der Waals surface area contributed by atoms with Crippen LogP contribution in [-0.4, -0.2) is 34.1 Å². The third-order valence-electron chi connectivity index (χ3n) is 4.87. The molecular formula is C24H23N3O3. The second kappa shape index (κ2) is 8.37. The first kappa shape index (κ1) is 19.6. The number of aromatic nitrogens is 2. The normalized spacial score (nSPS) is 12.0. The maximum atomic E-state index is 12.7. The Balaban J connectivity index is 1.40. The molecule has 4 rings (SSSR count). The number of nitrogens with zero attached hydrogens (tertiary/aromatic N) is 3. The molecule has 0 bridgehead atoms. The Labute approximate surface area is 175 Å². The van der Waals surface area contributed by atoms with Crippen LogP contribution in [-0.2, 0) is 11.3 Å². The first-order valence-corrected chi connectivity index (χ1v) is 9.79. The molecule has 0 aliphatic carbocycles. The van der Waals surface area contributed by atoms with Crippen molar-refractivity contribution in [1.29, 1.82) is 0 Å². The smallest absolute Gasteiger partial charge is 0.263 e. The fourth-order valence-corrected chi connectivity index (χ4v) is 3.31. The lowest BCUT2D eigenvalue weighted by atomic mass is 10.1. The number of fused-ring (bicyclic) bond motifs is 1. The molecule has 0 fully saturated rings. The highest BCUT2D eigenvalue weighted by atomic mass is 16.5. The maximum absolute atomic E-state index is 12.7. The quantitative estimate of drug-likeness (QED) is 0.471. The molecule has 0 unspecified atom stereocenters. The van der Waals surface area contributed by atoms with Gasteiger partial charge in [-0.2, -0.15) is 4.98 Å². The van der Waals surface area contributed by atoms with E-state index in [4.69, 9.17) is 9.26 Å². The second-order valence-electron chi connectivity index (χ2n) is 7.34. The minimum Gasteiger partial charge on any atom is -0.481 e. The van der Waals surface area contributed by atoms with Gasteiger partial charge in [0.05, 0.1) is 6.54 Å². The van der Waals surface area contributed by atoms with E-state index in [0.717, 1.165) is 21.9 Å². The molecule has 0 saturated heterocycles. The van der Waals surface area contributed by atoms with Gasteiger partial charge in [0.15, 0.2) is 6.10 Å². The van der Waals surface area contributed by atoms with Crippen molar-refractivity contribution in [2.24, 2.45) is 0 Å². The summed E-state index contributed by atoms with van der Waals surface area (Å²) in [4.78, 5) is 18.7. The van der Waals surface area contributed by atoms with Crippen molar-refractivity contribution in [2.75, 3.05) is 7.05 Å². The molecule has 0 aliphatic rings. The molecule has 4 aromatic rings. The molecule has 1 aromatic heterocycles. The monoisotopic (exact) mass is 401 g/mol. The molecule has 0 spiro atoms. The number of ether oxygens (including phenoxy) is 1. The van der Waals surface area contributed by atoms with Gasteiger partial charge in [-0.3, -0.25) is 4.79 Å². The number of aryl methyl sites for hydroxylation is 1. The zero-order chi connectivity index (χ0) is 21.1. The predicted molar refractivity (Wildman–Crippen MR) is 115 cm³/mol. The lowest BCUT2D eigenvalue weighted by molar-refractivity contribution is -0.137. The summed E-state index contributed by atoms with van der Waals surface area (Å²) in [6.07, 6.45) is -0.643. The Morgan fingerprint density at radius 1 is 1.07 bits per heavy atom. The number of carbonyl (C=O) groups excluding carboxylic acids is 1. The third kappa shape index (κ3) is 4.33. The van der Waals surface area contributed by atoms with Crippen LogP contribution in [0.25, 0.3) is 22.2 Å². The molecule has 1 heterocycles. The zero-order valence-electron chi connectivity index (χ0n) is 17.2. The van der Waals surface area contributed by atoms with E-state index in [1.807, 2.05) is 73.7 Å². The summed E-state index contributed by atoms with van der Waals surface area (Å²) in [6, 6.07) is 21.7. The minimum absolute atomic E-state index is 0.168. The Morgan fingerprint density at radius 3 is 2.67 bits per heavy atom. The highest BCUT2D eigenvalue weighted by Crippen LogP contribution is 2.22. The van der Waals surface area contributed by atoms with Gasteiger partial charge in [0.2, 0.25) is 11.7 Å². The van der Waals surface area contributed by atoms with E-state index in [0.29, 0.717) is 17.5 Å². The summed E-state index contributed by atoms with van der Waals surface area (Å²) in [5.74, 6) is 1.37. The van der Waals surface area contributed by atoms with Crippen LogP contribution in [0.4, 0.5) is 0 Å². The molecule has 0 radical (unpaired) electrons. The van der Waals surface area contributed by atoms with Gasteiger partial charge in [-0.25, -0.2) is 0 Å². The first-order valence-electron chi connectivity index (χ1n) is 9.79. The summed E-state index contributed by atoms with van der Waals surface area (Å²) in [5, 5.41) is 6.22. The van der Waals surface area contributed by atoms with E-state index in [1.54, 1.807) is 14.0 Å². The van der Waals surface area contributed by atoms with Gasteiger partial charge in [-0.05, 0) is 42.8 Å². The van der Waals surface area contributed by atoms with Gasteiger partial charge in [-0.15, -0.1) is 0 Å². The van der Waals surface area contributed by atoms with Crippen LogP contribution in [0.15, 0.2) is 71.3 Å². The molecule has 0 N–H and O–H groups in total. The summed E-state index contributed by atoms with van der Waals surface area (Å²) >= 11 is 0. The van der Waals surface area contributed by atoms with Crippen LogP contribution in [0.3, 0.4) is 0 Å². The number of hydrogen-bond acceptors (Lipinski definition) is 5. The average molecular weight is 401 g/mol. The Bertz CT molecular complexity index is 1190. The number of carbonyl (C=O) groups is 1. The van der Waals surface area contributed by atoms with Crippen molar-refractivity contribution >= 4 is 16.7 Å². The lowest BCUT2D eigenvalue weighted by Crippen LogP contribution is -2.37.